The number of hydrogen-bond donors (Lipinski definition) is 0. The Kier molecular flexibility index (Phi) is 4.25. The Balaban J connectivity index is 1.74. The molecule has 1 saturated carbocycles. The van der Waals surface area contributed by atoms with E-state index in [0.717, 1.165) is 48.4 Å². The monoisotopic (exact) mass is 341 g/mol. The molecule has 2 aliphatic rings. The lowest BCUT2D eigenvalue weighted by Gasteiger charge is -2.23. The Hall–Kier alpha value is -2.27. The number of methoxy groups -OCH3 is 2. The number of fused-ring (bicyclic) bond motifs is 3. The first kappa shape index (κ1) is 16.2. The first-order valence-electron chi connectivity index (χ1n) is 8.79. The Morgan fingerprint density at radius 2 is 2.04 bits per heavy atom. The summed E-state index contributed by atoms with van der Waals surface area (Å²) in [5.74, 6) is 1.92. The molecule has 132 valence electrons. The zero-order chi connectivity index (χ0) is 17.4. The number of ketones is 1. The molecule has 5 heteroatoms. The summed E-state index contributed by atoms with van der Waals surface area (Å²) in [4.78, 5) is 12.7. The van der Waals surface area contributed by atoms with Gasteiger partial charge in [0, 0.05) is 36.9 Å². The normalized spacial score (nSPS) is 15.4. The van der Waals surface area contributed by atoms with Gasteiger partial charge in [-0.2, -0.15) is 0 Å². The number of rotatable bonds is 7. The van der Waals surface area contributed by atoms with Crippen molar-refractivity contribution in [2.24, 2.45) is 5.92 Å². The third-order valence-corrected chi connectivity index (χ3v) is 4.99. The molecule has 5 nitrogen and oxygen atoms in total. The fraction of sp³-hybridized carbons (Fsp3) is 0.450. The van der Waals surface area contributed by atoms with Crippen LogP contribution in [0.15, 0.2) is 24.4 Å². The largest absolute Gasteiger partial charge is 0.493 e. The molecule has 0 bridgehead atoms. The number of hydrogen-bond acceptors (Lipinski definition) is 4. The SMILES string of the molecule is COCCOc1cc2c(cc1OC)-c1c(C(=O)C3CC3)ccn1CC2. The predicted molar refractivity (Wildman–Crippen MR) is 94.5 cm³/mol. The van der Waals surface area contributed by atoms with Crippen LogP contribution in [0.5, 0.6) is 11.5 Å². The highest BCUT2D eigenvalue weighted by molar-refractivity contribution is 6.05. The number of aromatic nitrogens is 1. The van der Waals surface area contributed by atoms with E-state index in [2.05, 4.69) is 4.57 Å². The van der Waals surface area contributed by atoms with Crippen LogP contribution in [0.2, 0.25) is 0 Å². The number of nitrogens with zero attached hydrogens (tertiary/aromatic N) is 1. The predicted octanol–water partition coefficient (Wildman–Crippen LogP) is 3.34. The van der Waals surface area contributed by atoms with Gasteiger partial charge in [0.25, 0.3) is 0 Å². The highest BCUT2D eigenvalue weighted by atomic mass is 16.5. The molecule has 0 N–H and O–H groups in total. The summed E-state index contributed by atoms with van der Waals surface area (Å²) in [6.07, 6.45) is 4.99. The molecule has 2 aromatic rings. The van der Waals surface area contributed by atoms with Gasteiger partial charge in [-0.05, 0) is 43.0 Å². The second-order valence-corrected chi connectivity index (χ2v) is 6.66. The fourth-order valence-corrected chi connectivity index (χ4v) is 3.50. The zero-order valence-electron chi connectivity index (χ0n) is 14.7. The molecular formula is C20H23NO4. The minimum atomic E-state index is 0.219. The number of aryl methyl sites for hydroxylation is 2. The van der Waals surface area contributed by atoms with E-state index in [0.29, 0.717) is 19.0 Å². The maximum Gasteiger partial charge on any atom is 0.168 e. The second kappa shape index (κ2) is 6.56. The van der Waals surface area contributed by atoms with Crippen molar-refractivity contribution in [2.75, 3.05) is 27.4 Å². The standard InChI is InChI=1S/C20H23NO4/c1-23-9-10-25-18-11-14-5-7-21-8-6-15(20(22)13-3-4-13)19(21)16(14)12-17(18)24-2/h6,8,11-13H,3-5,7,9-10H2,1-2H3. The lowest BCUT2D eigenvalue weighted by molar-refractivity contribution is 0.0968. The molecule has 0 spiro atoms. The third-order valence-electron chi connectivity index (χ3n) is 4.99. The maximum atomic E-state index is 12.7. The molecule has 0 radical (unpaired) electrons. The number of carbonyl (C=O) groups excluding carboxylic acids is 1. The second-order valence-electron chi connectivity index (χ2n) is 6.66. The van der Waals surface area contributed by atoms with Gasteiger partial charge < -0.3 is 18.8 Å². The molecule has 2 heterocycles. The van der Waals surface area contributed by atoms with Gasteiger partial charge in [-0.25, -0.2) is 0 Å². The average Bonchev–Trinajstić information content (AvgIpc) is 3.39. The number of Topliss-reactive ketones (excluding diaryl/α,β-unsaturated/α-hetero) is 1. The van der Waals surface area contributed by atoms with Gasteiger partial charge in [-0.15, -0.1) is 0 Å². The van der Waals surface area contributed by atoms with Crippen molar-refractivity contribution in [1.82, 2.24) is 4.57 Å². The van der Waals surface area contributed by atoms with Crippen LogP contribution in [-0.2, 0) is 17.7 Å². The van der Waals surface area contributed by atoms with Crippen LogP contribution in [0.25, 0.3) is 11.3 Å². The lowest BCUT2D eigenvalue weighted by atomic mass is 9.93. The van der Waals surface area contributed by atoms with Gasteiger partial charge in [-0.1, -0.05) is 0 Å². The Bertz CT molecular complexity index is 804. The van der Waals surface area contributed by atoms with Crippen molar-refractivity contribution in [3.8, 4) is 22.8 Å². The molecule has 25 heavy (non-hydrogen) atoms. The lowest BCUT2D eigenvalue weighted by Crippen LogP contribution is -2.14. The molecule has 4 rings (SSSR count). The molecule has 0 unspecified atom stereocenters. The van der Waals surface area contributed by atoms with Crippen LogP contribution < -0.4 is 9.47 Å². The highest BCUT2D eigenvalue weighted by Crippen LogP contribution is 2.42. The van der Waals surface area contributed by atoms with E-state index in [1.807, 2.05) is 24.4 Å². The molecule has 1 aliphatic heterocycles. The van der Waals surface area contributed by atoms with E-state index in [1.165, 1.54) is 5.56 Å². The minimum absolute atomic E-state index is 0.219. The molecule has 0 amide bonds. The van der Waals surface area contributed by atoms with Crippen LogP contribution in [0.3, 0.4) is 0 Å². The molecule has 1 fully saturated rings. The van der Waals surface area contributed by atoms with Gasteiger partial charge in [0.15, 0.2) is 17.3 Å². The number of ether oxygens (including phenoxy) is 3. The topological polar surface area (TPSA) is 49.7 Å². The van der Waals surface area contributed by atoms with Crippen LogP contribution in [0.1, 0.15) is 28.8 Å². The maximum absolute atomic E-state index is 12.7. The molecule has 0 saturated heterocycles. The Morgan fingerprint density at radius 3 is 2.76 bits per heavy atom. The van der Waals surface area contributed by atoms with Crippen molar-refractivity contribution in [2.45, 2.75) is 25.8 Å². The van der Waals surface area contributed by atoms with Crippen LogP contribution in [0, 0.1) is 5.92 Å². The molecule has 1 aromatic heterocycles. The van der Waals surface area contributed by atoms with E-state index in [9.17, 15) is 4.79 Å². The van der Waals surface area contributed by atoms with Gasteiger partial charge >= 0.3 is 0 Å². The van der Waals surface area contributed by atoms with E-state index in [1.54, 1.807) is 14.2 Å². The first-order valence-corrected chi connectivity index (χ1v) is 8.79. The number of benzene rings is 1. The van der Waals surface area contributed by atoms with Gasteiger partial charge in [0.2, 0.25) is 0 Å². The van der Waals surface area contributed by atoms with E-state index in [4.69, 9.17) is 14.2 Å². The van der Waals surface area contributed by atoms with Crippen LogP contribution in [0.4, 0.5) is 0 Å². The average molecular weight is 341 g/mol. The quantitative estimate of drug-likeness (QED) is 0.572. The van der Waals surface area contributed by atoms with Crippen molar-refractivity contribution < 1.29 is 19.0 Å². The van der Waals surface area contributed by atoms with Crippen LogP contribution >= 0.6 is 0 Å². The Morgan fingerprint density at radius 1 is 1.20 bits per heavy atom. The Labute approximate surface area is 147 Å². The van der Waals surface area contributed by atoms with Crippen molar-refractivity contribution in [3.05, 3.63) is 35.5 Å². The summed E-state index contributed by atoms with van der Waals surface area (Å²) >= 11 is 0. The summed E-state index contributed by atoms with van der Waals surface area (Å²) < 4.78 is 18.6. The summed E-state index contributed by atoms with van der Waals surface area (Å²) in [5.41, 5.74) is 4.15. The number of carbonyl (C=O) groups is 1. The fourth-order valence-electron chi connectivity index (χ4n) is 3.50. The van der Waals surface area contributed by atoms with Crippen molar-refractivity contribution in [1.29, 1.82) is 0 Å². The molecule has 0 atom stereocenters. The molecule has 1 aromatic carbocycles. The zero-order valence-corrected chi connectivity index (χ0v) is 14.7. The molecule has 1 aliphatic carbocycles. The summed E-state index contributed by atoms with van der Waals surface area (Å²) in [7, 11) is 3.29. The van der Waals surface area contributed by atoms with E-state index >= 15 is 0 Å². The van der Waals surface area contributed by atoms with E-state index < -0.39 is 0 Å². The van der Waals surface area contributed by atoms with E-state index in [-0.39, 0.29) is 11.7 Å². The van der Waals surface area contributed by atoms with Gasteiger partial charge in [-0.3, -0.25) is 4.79 Å². The smallest absolute Gasteiger partial charge is 0.168 e. The highest BCUT2D eigenvalue weighted by Gasteiger charge is 2.34. The first-order chi connectivity index (χ1) is 12.2. The van der Waals surface area contributed by atoms with Gasteiger partial charge in [0.1, 0.15) is 6.61 Å². The summed E-state index contributed by atoms with van der Waals surface area (Å²) in [6.45, 7) is 1.89. The third kappa shape index (κ3) is 2.93. The van der Waals surface area contributed by atoms with Crippen molar-refractivity contribution in [3.63, 3.8) is 0 Å². The van der Waals surface area contributed by atoms with Gasteiger partial charge in [0.05, 0.1) is 19.4 Å². The summed E-state index contributed by atoms with van der Waals surface area (Å²) in [6, 6.07) is 6.03. The van der Waals surface area contributed by atoms with Crippen LogP contribution in [-0.4, -0.2) is 37.8 Å². The minimum Gasteiger partial charge on any atom is -0.493 e. The molecular weight excluding hydrogens is 318 g/mol. The van der Waals surface area contributed by atoms with Crippen molar-refractivity contribution >= 4 is 5.78 Å². The summed E-state index contributed by atoms with van der Waals surface area (Å²) in [5, 5.41) is 0.